The van der Waals surface area contributed by atoms with E-state index in [0.29, 0.717) is 6.42 Å². The van der Waals surface area contributed by atoms with Gasteiger partial charge in [0.1, 0.15) is 5.60 Å². The number of hydrogen-bond acceptors (Lipinski definition) is 6. The molecular formula is C16H33NO6SSi. The minimum Gasteiger partial charge on any atom is -0.444 e. The van der Waals surface area contributed by atoms with Crippen molar-refractivity contribution in [2.45, 2.75) is 84.0 Å². The summed E-state index contributed by atoms with van der Waals surface area (Å²) in [7, 11) is -5.76. The summed E-state index contributed by atoms with van der Waals surface area (Å²) in [5, 5.41) is 0.0134. The van der Waals surface area contributed by atoms with Crippen LogP contribution in [0.5, 0.6) is 0 Å². The highest BCUT2D eigenvalue weighted by Crippen LogP contribution is 2.39. The summed E-state index contributed by atoms with van der Waals surface area (Å²) in [5.41, 5.74) is -0.675. The molecule has 0 aromatic carbocycles. The third-order valence-electron chi connectivity index (χ3n) is 4.39. The molecule has 0 N–H and O–H groups in total. The van der Waals surface area contributed by atoms with E-state index < -0.39 is 36.4 Å². The summed E-state index contributed by atoms with van der Waals surface area (Å²) in [4.78, 5) is 13.8. The number of likely N-dealkylation sites (tertiary alicyclic amines) is 1. The van der Waals surface area contributed by atoms with Gasteiger partial charge in [-0.05, 0) is 38.9 Å². The van der Waals surface area contributed by atoms with Crippen LogP contribution in [0.25, 0.3) is 0 Å². The summed E-state index contributed by atoms with van der Waals surface area (Å²) in [5.74, 6) is 0. The monoisotopic (exact) mass is 395 g/mol. The van der Waals surface area contributed by atoms with Crippen molar-refractivity contribution >= 4 is 24.5 Å². The Labute approximate surface area is 153 Å². The number of nitrogens with zero attached hydrogens (tertiary/aromatic N) is 1. The van der Waals surface area contributed by atoms with Crippen LogP contribution in [-0.2, 0) is 23.5 Å². The van der Waals surface area contributed by atoms with Crippen LogP contribution in [0.3, 0.4) is 0 Å². The molecule has 1 saturated heterocycles. The van der Waals surface area contributed by atoms with Crippen molar-refractivity contribution in [3.63, 3.8) is 0 Å². The summed E-state index contributed by atoms with van der Waals surface area (Å²) in [6.45, 7) is 16.2. The Bertz CT molecular complexity index is 591. The zero-order valence-electron chi connectivity index (χ0n) is 16.9. The molecule has 0 bridgehead atoms. The normalized spacial score (nSPS) is 23.0. The lowest BCUT2D eigenvalue weighted by Gasteiger charge is -2.38. The molecule has 25 heavy (non-hydrogen) atoms. The van der Waals surface area contributed by atoms with E-state index >= 15 is 0 Å². The lowest BCUT2D eigenvalue weighted by atomic mass is 10.2. The summed E-state index contributed by atoms with van der Waals surface area (Å²) < 4.78 is 39.9. The van der Waals surface area contributed by atoms with Crippen molar-refractivity contribution in [2.24, 2.45) is 0 Å². The van der Waals surface area contributed by atoms with Crippen LogP contribution in [0, 0.1) is 0 Å². The minimum atomic E-state index is -3.71. The van der Waals surface area contributed by atoms with Gasteiger partial charge < -0.3 is 9.16 Å². The Hall–Kier alpha value is -0.643. The number of rotatable bonds is 4. The molecule has 1 fully saturated rings. The molecule has 0 radical (unpaired) electrons. The van der Waals surface area contributed by atoms with E-state index in [-0.39, 0.29) is 17.7 Å². The molecule has 0 unspecified atom stereocenters. The van der Waals surface area contributed by atoms with Gasteiger partial charge in [-0.1, -0.05) is 20.8 Å². The van der Waals surface area contributed by atoms with Gasteiger partial charge in [0.05, 0.1) is 18.9 Å². The van der Waals surface area contributed by atoms with Gasteiger partial charge in [0.15, 0.2) is 14.5 Å². The molecule has 0 aromatic heterocycles. The fourth-order valence-electron chi connectivity index (χ4n) is 2.25. The molecule has 7 nitrogen and oxygen atoms in total. The zero-order valence-corrected chi connectivity index (χ0v) is 18.7. The fourth-order valence-corrected chi connectivity index (χ4v) is 4.19. The molecule has 0 saturated carbocycles. The largest absolute Gasteiger partial charge is 0.444 e. The maximum Gasteiger partial charge on any atom is 0.412 e. The third-order valence-corrected chi connectivity index (χ3v) is 9.50. The molecule has 1 heterocycles. The number of amides is 1. The van der Waals surface area contributed by atoms with E-state index in [9.17, 15) is 13.2 Å². The van der Waals surface area contributed by atoms with Gasteiger partial charge in [0.2, 0.25) is 0 Å². The maximum absolute atomic E-state index is 12.4. The first kappa shape index (κ1) is 22.4. The first-order valence-electron chi connectivity index (χ1n) is 8.47. The second-order valence-corrected chi connectivity index (χ2v) is 15.5. The van der Waals surface area contributed by atoms with E-state index in [2.05, 4.69) is 33.9 Å². The molecule has 1 amide bonds. The van der Waals surface area contributed by atoms with Gasteiger partial charge in [-0.2, -0.15) is 8.42 Å². The Morgan fingerprint density at radius 3 is 2.04 bits per heavy atom. The van der Waals surface area contributed by atoms with Gasteiger partial charge in [0, 0.05) is 6.42 Å². The van der Waals surface area contributed by atoms with Crippen LogP contribution in [0.2, 0.25) is 18.1 Å². The summed E-state index contributed by atoms with van der Waals surface area (Å²) >= 11 is 0. The average Bonchev–Trinajstić information content (AvgIpc) is 2.64. The fraction of sp³-hybridized carbons (Fsp3) is 0.938. The van der Waals surface area contributed by atoms with Crippen LogP contribution in [-0.4, -0.2) is 58.5 Å². The van der Waals surface area contributed by atoms with Crippen LogP contribution in [0.15, 0.2) is 0 Å². The Morgan fingerprint density at radius 1 is 1.12 bits per heavy atom. The molecule has 1 rings (SSSR count). The van der Waals surface area contributed by atoms with Crippen LogP contribution >= 0.6 is 0 Å². The number of ether oxygens (including phenoxy) is 1. The van der Waals surface area contributed by atoms with Gasteiger partial charge in [0.25, 0.3) is 10.1 Å². The first-order chi connectivity index (χ1) is 10.9. The van der Waals surface area contributed by atoms with Crippen LogP contribution in [0.4, 0.5) is 4.79 Å². The highest BCUT2D eigenvalue weighted by molar-refractivity contribution is 7.86. The van der Waals surface area contributed by atoms with E-state index in [1.165, 1.54) is 4.90 Å². The minimum absolute atomic E-state index is 0.0134. The zero-order chi connectivity index (χ0) is 19.8. The number of hydrogen-bond donors (Lipinski definition) is 0. The topological polar surface area (TPSA) is 82.1 Å². The van der Waals surface area contributed by atoms with Gasteiger partial charge in [-0.15, -0.1) is 0 Å². The smallest absolute Gasteiger partial charge is 0.412 e. The van der Waals surface area contributed by atoms with Crippen LogP contribution < -0.4 is 0 Å². The predicted octanol–water partition coefficient (Wildman–Crippen LogP) is 3.32. The molecule has 148 valence electrons. The van der Waals surface area contributed by atoms with Crippen molar-refractivity contribution in [1.82, 2.24) is 4.90 Å². The van der Waals surface area contributed by atoms with Crippen molar-refractivity contribution < 1.29 is 26.6 Å². The molecule has 0 aliphatic carbocycles. The summed E-state index contributed by atoms with van der Waals surface area (Å²) in [6, 6.07) is 0. The first-order valence-corrected chi connectivity index (χ1v) is 13.2. The van der Waals surface area contributed by atoms with Crippen molar-refractivity contribution in [3.8, 4) is 0 Å². The lowest BCUT2D eigenvalue weighted by Crippen LogP contribution is -2.45. The molecule has 2 atom stereocenters. The lowest BCUT2D eigenvalue weighted by molar-refractivity contribution is -0.00323. The summed E-state index contributed by atoms with van der Waals surface area (Å²) in [6.07, 6.45) is -0.497. The molecule has 9 heteroatoms. The van der Waals surface area contributed by atoms with E-state index in [1.807, 2.05) is 0 Å². The Morgan fingerprint density at radius 2 is 1.64 bits per heavy atom. The number of carbonyl (C=O) groups is 1. The second kappa shape index (κ2) is 7.17. The predicted molar refractivity (Wildman–Crippen MR) is 99.3 cm³/mol. The van der Waals surface area contributed by atoms with Gasteiger partial charge in [-0.3, -0.25) is 4.90 Å². The Kier molecular flexibility index (Phi) is 6.42. The molecule has 1 aliphatic heterocycles. The van der Waals surface area contributed by atoms with Gasteiger partial charge in [-0.25, -0.2) is 8.98 Å². The standard InChI is InChI=1S/C16H33NO6SSi/c1-15(2,3)21-14(18)17-11-12(10-13(17)22-24(7,19)20)23-25(8,9)16(4,5)6/h12-13H,10-11H2,1-9H3/t12-,13-/m1/s1. The molecule has 0 aromatic rings. The van der Waals surface area contributed by atoms with Crippen molar-refractivity contribution in [3.05, 3.63) is 0 Å². The van der Waals surface area contributed by atoms with Crippen molar-refractivity contribution in [1.29, 1.82) is 0 Å². The highest BCUT2D eigenvalue weighted by Gasteiger charge is 2.45. The third kappa shape index (κ3) is 6.88. The van der Waals surface area contributed by atoms with Crippen molar-refractivity contribution in [2.75, 3.05) is 12.8 Å². The van der Waals surface area contributed by atoms with E-state index in [0.717, 1.165) is 6.26 Å². The average molecular weight is 396 g/mol. The Balaban J connectivity index is 2.96. The number of carbonyl (C=O) groups excluding carboxylic acids is 1. The van der Waals surface area contributed by atoms with E-state index in [4.69, 9.17) is 13.3 Å². The highest BCUT2D eigenvalue weighted by atomic mass is 32.2. The molecule has 1 aliphatic rings. The second-order valence-electron chi connectivity index (χ2n) is 9.12. The quantitative estimate of drug-likeness (QED) is 0.536. The molecular weight excluding hydrogens is 362 g/mol. The molecule has 0 spiro atoms. The SMILES string of the molecule is CC(C)(C)OC(=O)N1C[C@H](O[Si](C)(C)C(C)(C)C)C[C@H]1OS(C)(=O)=O. The van der Waals surface area contributed by atoms with E-state index in [1.54, 1.807) is 20.8 Å². The maximum atomic E-state index is 12.4. The van der Waals surface area contributed by atoms with Gasteiger partial charge >= 0.3 is 6.09 Å². The van der Waals surface area contributed by atoms with Crippen LogP contribution in [0.1, 0.15) is 48.0 Å².